The van der Waals surface area contributed by atoms with Gasteiger partial charge in [-0.25, -0.2) is 0 Å². The highest BCUT2D eigenvalue weighted by Crippen LogP contribution is 2.25. The van der Waals surface area contributed by atoms with Crippen LogP contribution >= 0.6 is 23.1 Å². The van der Waals surface area contributed by atoms with Crippen molar-refractivity contribution in [2.24, 2.45) is 0 Å². The minimum atomic E-state index is 0.299. The molecule has 1 aromatic heterocycles. The predicted octanol–water partition coefficient (Wildman–Crippen LogP) is 3.89. The number of thioether (sulfide) groups is 1. The second-order valence-corrected chi connectivity index (χ2v) is 6.45. The van der Waals surface area contributed by atoms with Crippen LogP contribution in [-0.4, -0.2) is 16.7 Å². The molecule has 0 amide bonds. The molecule has 0 fully saturated rings. The summed E-state index contributed by atoms with van der Waals surface area (Å²) in [7, 11) is 0. The van der Waals surface area contributed by atoms with Crippen molar-refractivity contribution in [3.05, 3.63) is 40.3 Å². The zero-order valence-electron chi connectivity index (χ0n) is 11.3. The van der Waals surface area contributed by atoms with Crippen LogP contribution in [0.2, 0.25) is 0 Å². The molecule has 1 atom stereocenters. The van der Waals surface area contributed by atoms with E-state index < -0.39 is 0 Å². The Labute approximate surface area is 122 Å². The number of benzene rings is 1. The molecule has 5 heteroatoms. The zero-order valence-corrected chi connectivity index (χ0v) is 12.9. The fraction of sp³-hybridized carbons (Fsp3) is 0.429. The van der Waals surface area contributed by atoms with Crippen LogP contribution in [0.4, 0.5) is 0 Å². The fourth-order valence-electron chi connectivity index (χ4n) is 1.61. The maximum atomic E-state index is 4.27. The molecule has 0 spiro atoms. The molecule has 19 heavy (non-hydrogen) atoms. The molecule has 3 nitrogen and oxygen atoms in total. The van der Waals surface area contributed by atoms with Crippen LogP contribution in [0, 0.1) is 0 Å². The minimum Gasteiger partial charge on any atom is -0.308 e. The monoisotopic (exact) mass is 293 g/mol. The largest absolute Gasteiger partial charge is 0.308 e. The Kier molecular flexibility index (Phi) is 5.82. The van der Waals surface area contributed by atoms with E-state index in [0.717, 1.165) is 28.7 Å². The minimum absolute atomic E-state index is 0.299. The van der Waals surface area contributed by atoms with Crippen LogP contribution in [0.25, 0.3) is 0 Å². The van der Waals surface area contributed by atoms with Gasteiger partial charge in [0.25, 0.3) is 0 Å². The van der Waals surface area contributed by atoms with Crippen LogP contribution in [-0.2, 0) is 5.75 Å². The first-order valence-electron chi connectivity index (χ1n) is 6.53. The third kappa shape index (κ3) is 4.60. The molecule has 1 heterocycles. The van der Waals surface area contributed by atoms with E-state index in [4.69, 9.17) is 0 Å². The Bertz CT molecular complexity index is 484. The van der Waals surface area contributed by atoms with E-state index in [1.165, 1.54) is 4.90 Å². The Morgan fingerprint density at radius 1 is 1.26 bits per heavy atom. The van der Waals surface area contributed by atoms with Crippen molar-refractivity contribution >= 4 is 23.1 Å². The molecule has 0 aliphatic rings. The molecular formula is C14H19N3S2. The Balaban J connectivity index is 1.87. The first kappa shape index (κ1) is 14.5. The summed E-state index contributed by atoms with van der Waals surface area (Å²) >= 11 is 3.51. The van der Waals surface area contributed by atoms with Gasteiger partial charge in [0.2, 0.25) is 0 Å². The molecule has 1 N–H and O–H groups in total. The maximum absolute atomic E-state index is 4.27. The molecule has 0 saturated heterocycles. The first-order valence-corrected chi connectivity index (χ1v) is 8.33. The van der Waals surface area contributed by atoms with E-state index in [2.05, 4.69) is 53.6 Å². The summed E-state index contributed by atoms with van der Waals surface area (Å²) in [5, 5.41) is 14.2. The molecular weight excluding hydrogens is 274 g/mol. The summed E-state index contributed by atoms with van der Waals surface area (Å²) in [5.41, 5.74) is 0. The van der Waals surface area contributed by atoms with Crippen LogP contribution in [0.15, 0.2) is 35.2 Å². The lowest BCUT2D eigenvalue weighted by atomic mass is 10.3. The SMILES string of the molecule is CCCNC(C)c1nnc(CSc2ccccc2)s1. The summed E-state index contributed by atoms with van der Waals surface area (Å²) in [6.07, 6.45) is 1.14. The van der Waals surface area contributed by atoms with Gasteiger partial charge in [0.05, 0.1) is 11.8 Å². The smallest absolute Gasteiger partial charge is 0.134 e. The van der Waals surface area contributed by atoms with E-state index >= 15 is 0 Å². The highest BCUT2D eigenvalue weighted by atomic mass is 32.2. The summed E-state index contributed by atoms with van der Waals surface area (Å²) in [5.74, 6) is 0.891. The Morgan fingerprint density at radius 2 is 2.05 bits per heavy atom. The molecule has 0 aliphatic heterocycles. The average molecular weight is 293 g/mol. The number of hydrogen-bond donors (Lipinski definition) is 1. The molecule has 1 aromatic carbocycles. The van der Waals surface area contributed by atoms with Crippen molar-refractivity contribution in [2.45, 2.75) is 37.0 Å². The van der Waals surface area contributed by atoms with Crippen LogP contribution in [0.1, 0.15) is 36.3 Å². The van der Waals surface area contributed by atoms with Crippen molar-refractivity contribution in [1.29, 1.82) is 0 Å². The molecule has 0 saturated carbocycles. The average Bonchev–Trinajstić information content (AvgIpc) is 2.92. The van der Waals surface area contributed by atoms with Gasteiger partial charge in [-0.3, -0.25) is 0 Å². The van der Waals surface area contributed by atoms with E-state index in [0.29, 0.717) is 6.04 Å². The molecule has 2 rings (SSSR count). The van der Waals surface area contributed by atoms with Gasteiger partial charge in [0.1, 0.15) is 10.0 Å². The second kappa shape index (κ2) is 7.62. The van der Waals surface area contributed by atoms with Gasteiger partial charge in [0, 0.05) is 4.90 Å². The molecule has 0 aliphatic carbocycles. The van der Waals surface area contributed by atoms with Crippen molar-refractivity contribution in [1.82, 2.24) is 15.5 Å². The quantitative estimate of drug-likeness (QED) is 0.786. The Morgan fingerprint density at radius 3 is 2.79 bits per heavy atom. The molecule has 102 valence electrons. The summed E-state index contributed by atoms with van der Waals surface area (Å²) in [6.45, 7) is 5.33. The van der Waals surface area contributed by atoms with E-state index in [9.17, 15) is 0 Å². The van der Waals surface area contributed by atoms with Gasteiger partial charge >= 0.3 is 0 Å². The highest BCUT2D eigenvalue weighted by Gasteiger charge is 2.11. The lowest BCUT2D eigenvalue weighted by Crippen LogP contribution is -2.18. The lowest BCUT2D eigenvalue weighted by molar-refractivity contribution is 0.564. The molecule has 0 radical (unpaired) electrons. The maximum Gasteiger partial charge on any atom is 0.134 e. The van der Waals surface area contributed by atoms with E-state index in [1.807, 2.05) is 6.07 Å². The molecule has 2 aromatic rings. The summed E-state index contributed by atoms with van der Waals surface area (Å²) in [4.78, 5) is 1.27. The van der Waals surface area contributed by atoms with Crippen molar-refractivity contribution < 1.29 is 0 Å². The van der Waals surface area contributed by atoms with Crippen LogP contribution in [0.5, 0.6) is 0 Å². The van der Waals surface area contributed by atoms with Crippen LogP contribution in [0.3, 0.4) is 0 Å². The summed E-state index contributed by atoms with van der Waals surface area (Å²) in [6, 6.07) is 10.7. The van der Waals surface area contributed by atoms with E-state index in [1.54, 1.807) is 23.1 Å². The Hall–Kier alpha value is -0.910. The second-order valence-electron chi connectivity index (χ2n) is 4.31. The van der Waals surface area contributed by atoms with Gasteiger partial charge in [-0.1, -0.05) is 36.5 Å². The summed E-state index contributed by atoms with van der Waals surface area (Å²) < 4.78 is 0. The normalized spacial score (nSPS) is 12.5. The van der Waals surface area contributed by atoms with Gasteiger partial charge in [0.15, 0.2) is 0 Å². The third-order valence-electron chi connectivity index (χ3n) is 2.66. The number of nitrogens with one attached hydrogen (secondary N) is 1. The molecule has 1 unspecified atom stereocenters. The fourth-order valence-corrected chi connectivity index (χ4v) is 3.38. The number of rotatable bonds is 7. The lowest BCUT2D eigenvalue weighted by Gasteiger charge is -2.08. The number of aromatic nitrogens is 2. The topological polar surface area (TPSA) is 37.8 Å². The van der Waals surface area contributed by atoms with Crippen molar-refractivity contribution in [3.8, 4) is 0 Å². The number of hydrogen-bond acceptors (Lipinski definition) is 5. The molecule has 0 bridgehead atoms. The van der Waals surface area contributed by atoms with Gasteiger partial charge in [-0.2, -0.15) is 0 Å². The van der Waals surface area contributed by atoms with Gasteiger partial charge in [-0.15, -0.1) is 22.0 Å². The van der Waals surface area contributed by atoms with Gasteiger partial charge in [-0.05, 0) is 32.0 Å². The first-order chi connectivity index (χ1) is 9.29. The highest BCUT2D eigenvalue weighted by molar-refractivity contribution is 7.98. The predicted molar refractivity (Wildman–Crippen MR) is 82.6 cm³/mol. The van der Waals surface area contributed by atoms with E-state index in [-0.39, 0.29) is 0 Å². The van der Waals surface area contributed by atoms with Crippen molar-refractivity contribution in [3.63, 3.8) is 0 Å². The van der Waals surface area contributed by atoms with Crippen molar-refractivity contribution in [2.75, 3.05) is 6.54 Å². The standard InChI is InChI=1S/C14H19N3S2/c1-3-9-15-11(2)14-17-16-13(19-14)10-18-12-7-5-4-6-8-12/h4-8,11,15H,3,9-10H2,1-2H3. The van der Waals surface area contributed by atoms with Crippen LogP contribution < -0.4 is 5.32 Å². The number of nitrogens with zero attached hydrogens (tertiary/aromatic N) is 2. The third-order valence-corrected chi connectivity index (χ3v) is 4.97. The van der Waals surface area contributed by atoms with Gasteiger partial charge < -0.3 is 5.32 Å². The zero-order chi connectivity index (χ0) is 13.5.